The fourth-order valence-electron chi connectivity index (χ4n) is 7.41. The van der Waals surface area contributed by atoms with E-state index in [2.05, 4.69) is 169 Å². The van der Waals surface area contributed by atoms with Gasteiger partial charge >= 0.3 is 0 Å². The number of rotatable bonds is 6. The van der Waals surface area contributed by atoms with Gasteiger partial charge < -0.3 is 13.7 Å². The van der Waals surface area contributed by atoms with Crippen molar-refractivity contribution in [3.63, 3.8) is 0 Å². The molecule has 10 rings (SSSR count). The second-order valence-electron chi connectivity index (χ2n) is 12.9. The van der Waals surface area contributed by atoms with Crippen LogP contribution >= 0.6 is 0 Å². The molecular weight excluding hydrogens is 623 g/mol. The number of anilines is 3. The summed E-state index contributed by atoms with van der Waals surface area (Å²) in [6, 6.07) is 66.1. The van der Waals surface area contributed by atoms with E-state index >= 15 is 0 Å². The number of hydrogen-bond acceptors (Lipinski definition) is 3. The molecule has 51 heavy (non-hydrogen) atoms. The van der Waals surface area contributed by atoms with Crippen LogP contribution in [0.4, 0.5) is 17.1 Å². The van der Waals surface area contributed by atoms with Crippen LogP contribution in [0.25, 0.3) is 77.3 Å². The Balaban J connectivity index is 1.06. The van der Waals surface area contributed by atoms with Gasteiger partial charge in [-0.25, -0.2) is 0 Å². The zero-order valence-corrected chi connectivity index (χ0v) is 27.7. The third kappa shape index (κ3) is 4.98. The van der Waals surface area contributed by atoms with Crippen LogP contribution in [0.1, 0.15) is 0 Å². The highest BCUT2D eigenvalue weighted by molar-refractivity contribution is 6.10. The average Bonchev–Trinajstić information content (AvgIpc) is 3.78. The highest BCUT2D eigenvalue weighted by Crippen LogP contribution is 2.41. The third-order valence-electron chi connectivity index (χ3n) is 9.91. The maximum Gasteiger partial charge on any atom is 0.143 e. The van der Waals surface area contributed by atoms with Gasteiger partial charge in [0.15, 0.2) is 0 Å². The van der Waals surface area contributed by atoms with E-state index in [-0.39, 0.29) is 0 Å². The van der Waals surface area contributed by atoms with Crippen LogP contribution in [0.15, 0.2) is 197 Å². The zero-order valence-electron chi connectivity index (χ0n) is 27.7. The lowest BCUT2D eigenvalue weighted by molar-refractivity contribution is 0.669. The first-order valence-electron chi connectivity index (χ1n) is 17.3. The maximum absolute atomic E-state index is 6.38. The summed E-state index contributed by atoms with van der Waals surface area (Å²) in [7, 11) is 0. The van der Waals surface area contributed by atoms with Gasteiger partial charge in [0.1, 0.15) is 22.3 Å². The highest BCUT2D eigenvalue weighted by atomic mass is 16.3. The SMILES string of the molecule is c1ccc(-c2ccc(N(c3ccc(-c4cccc5c4oc4ccccc45)cc3)c3ccc(-c4cccc5c4oc4ccccc45)cc3)cc2)cc1. The molecule has 0 N–H and O–H groups in total. The van der Waals surface area contributed by atoms with Crippen molar-refractivity contribution in [3.8, 4) is 33.4 Å². The van der Waals surface area contributed by atoms with Crippen molar-refractivity contribution in [1.82, 2.24) is 0 Å². The van der Waals surface area contributed by atoms with Crippen molar-refractivity contribution in [3.05, 3.63) is 188 Å². The summed E-state index contributed by atoms with van der Waals surface area (Å²) in [4.78, 5) is 2.31. The normalized spacial score (nSPS) is 11.5. The van der Waals surface area contributed by atoms with Crippen LogP contribution in [0.5, 0.6) is 0 Å². The number of fused-ring (bicyclic) bond motifs is 6. The molecule has 3 nitrogen and oxygen atoms in total. The molecule has 2 heterocycles. The van der Waals surface area contributed by atoms with Gasteiger partial charge in [-0.05, 0) is 70.8 Å². The second-order valence-corrected chi connectivity index (χ2v) is 12.9. The minimum Gasteiger partial charge on any atom is -0.455 e. The van der Waals surface area contributed by atoms with Gasteiger partial charge in [-0.3, -0.25) is 0 Å². The molecule has 0 spiro atoms. The number of para-hydroxylation sites is 4. The lowest BCUT2D eigenvalue weighted by atomic mass is 10.0. The van der Waals surface area contributed by atoms with Crippen molar-refractivity contribution in [1.29, 1.82) is 0 Å². The van der Waals surface area contributed by atoms with Crippen LogP contribution < -0.4 is 4.90 Å². The molecule has 10 aromatic rings. The van der Waals surface area contributed by atoms with E-state index < -0.39 is 0 Å². The Labute approximate surface area is 295 Å². The van der Waals surface area contributed by atoms with E-state index in [0.717, 1.165) is 83.2 Å². The molecule has 0 saturated heterocycles. The summed E-state index contributed by atoms with van der Waals surface area (Å²) < 4.78 is 12.8. The molecule has 0 atom stereocenters. The number of benzene rings is 8. The van der Waals surface area contributed by atoms with Crippen molar-refractivity contribution in [2.24, 2.45) is 0 Å². The van der Waals surface area contributed by atoms with E-state index in [1.54, 1.807) is 0 Å². The van der Waals surface area contributed by atoms with Gasteiger partial charge in [-0.2, -0.15) is 0 Å². The van der Waals surface area contributed by atoms with Crippen LogP contribution in [-0.2, 0) is 0 Å². The van der Waals surface area contributed by atoms with E-state index in [4.69, 9.17) is 8.83 Å². The molecule has 0 aliphatic carbocycles. The summed E-state index contributed by atoms with van der Waals surface area (Å²) in [5.74, 6) is 0. The fourth-order valence-corrected chi connectivity index (χ4v) is 7.41. The van der Waals surface area contributed by atoms with Crippen LogP contribution in [0, 0.1) is 0 Å². The Morgan fingerprint density at radius 2 is 0.647 bits per heavy atom. The van der Waals surface area contributed by atoms with Gasteiger partial charge in [0, 0.05) is 49.7 Å². The quantitative estimate of drug-likeness (QED) is 0.179. The lowest BCUT2D eigenvalue weighted by Gasteiger charge is -2.26. The average molecular weight is 654 g/mol. The molecule has 0 aliphatic heterocycles. The van der Waals surface area contributed by atoms with Crippen molar-refractivity contribution >= 4 is 60.9 Å². The molecule has 0 aliphatic rings. The Morgan fingerprint density at radius 1 is 0.275 bits per heavy atom. The molecule has 0 bridgehead atoms. The molecule has 0 radical (unpaired) electrons. The fraction of sp³-hybridized carbons (Fsp3) is 0. The minimum atomic E-state index is 0.904. The molecular formula is C48H31NO2. The summed E-state index contributed by atoms with van der Waals surface area (Å²) >= 11 is 0. The van der Waals surface area contributed by atoms with Gasteiger partial charge in [-0.1, -0.05) is 140 Å². The number of nitrogens with zero attached hydrogens (tertiary/aromatic N) is 1. The van der Waals surface area contributed by atoms with Crippen LogP contribution in [-0.4, -0.2) is 0 Å². The molecule has 0 unspecified atom stereocenters. The van der Waals surface area contributed by atoms with Gasteiger partial charge in [0.25, 0.3) is 0 Å². The first kappa shape index (κ1) is 29.1. The van der Waals surface area contributed by atoms with Crippen molar-refractivity contribution in [2.75, 3.05) is 4.90 Å². The standard InChI is InChI=1S/C48H31NO2/c1-2-10-32(11-3-1)33-20-26-36(27-21-33)49(37-28-22-34(23-29-37)39-14-8-16-43-41-12-4-6-18-45(41)50-47(39)43)38-30-24-35(25-31-38)40-15-9-17-44-42-13-5-7-19-46(42)51-48(40)44/h1-31H. The Kier molecular flexibility index (Phi) is 6.81. The lowest BCUT2D eigenvalue weighted by Crippen LogP contribution is -2.09. The summed E-state index contributed by atoms with van der Waals surface area (Å²) in [6.07, 6.45) is 0. The van der Waals surface area contributed by atoms with E-state index in [1.165, 1.54) is 11.1 Å². The molecule has 8 aromatic carbocycles. The molecule has 3 heteroatoms. The predicted octanol–water partition coefficient (Wildman–Crippen LogP) is 14.0. The Bertz CT molecular complexity index is 2670. The van der Waals surface area contributed by atoms with Gasteiger partial charge in [0.05, 0.1) is 0 Å². The van der Waals surface area contributed by atoms with E-state index in [0.29, 0.717) is 0 Å². The Hall–Kier alpha value is -6.84. The smallest absolute Gasteiger partial charge is 0.143 e. The summed E-state index contributed by atoms with van der Waals surface area (Å²) in [5, 5.41) is 4.53. The van der Waals surface area contributed by atoms with Crippen molar-refractivity contribution < 1.29 is 8.83 Å². The van der Waals surface area contributed by atoms with Gasteiger partial charge in [0.2, 0.25) is 0 Å². The predicted molar refractivity (Wildman–Crippen MR) is 212 cm³/mol. The summed E-state index contributed by atoms with van der Waals surface area (Å²) in [6.45, 7) is 0. The van der Waals surface area contributed by atoms with E-state index in [1.807, 2.05) is 24.3 Å². The summed E-state index contributed by atoms with van der Waals surface area (Å²) in [5.41, 5.74) is 13.6. The largest absolute Gasteiger partial charge is 0.455 e. The Morgan fingerprint density at radius 3 is 1.12 bits per heavy atom. The minimum absolute atomic E-state index is 0.904. The highest BCUT2D eigenvalue weighted by Gasteiger charge is 2.17. The monoisotopic (exact) mass is 653 g/mol. The van der Waals surface area contributed by atoms with Crippen LogP contribution in [0.2, 0.25) is 0 Å². The molecule has 240 valence electrons. The number of furan rings is 2. The molecule has 2 aromatic heterocycles. The van der Waals surface area contributed by atoms with Crippen molar-refractivity contribution in [2.45, 2.75) is 0 Å². The topological polar surface area (TPSA) is 29.5 Å². The second kappa shape index (κ2) is 11.9. The van der Waals surface area contributed by atoms with E-state index in [9.17, 15) is 0 Å². The van der Waals surface area contributed by atoms with Gasteiger partial charge in [-0.15, -0.1) is 0 Å². The zero-order chi connectivity index (χ0) is 33.7. The third-order valence-corrected chi connectivity index (χ3v) is 9.91. The molecule has 0 saturated carbocycles. The first-order chi connectivity index (χ1) is 25.3. The van der Waals surface area contributed by atoms with Crippen LogP contribution in [0.3, 0.4) is 0 Å². The number of hydrogen-bond donors (Lipinski definition) is 0. The maximum atomic E-state index is 6.38. The molecule has 0 amide bonds. The molecule has 0 fully saturated rings. The first-order valence-corrected chi connectivity index (χ1v) is 17.3.